The topological polar surface area (TPSA) is 73.8 Å². The zero-order valence-electron chi connectivity index (χ0n) is 23.2. The van der Waals surface area contributed by atoms with Gasteiger partial charge in [0.25, 0.3) is 0 Å². The number of hydrogen-bond acceptors (Lipinski definition) is 8. The van der Waals surface area contributed by atoms with Gasteiger partial charge in [-0.2, -0.15) is 0 Å². The van der Waals surface area contributed by atoms with Gasteiger partial charge in [-0.3, -0.25) is 0 Å². The van der Waals surface area contributed by atoms with E-state index in [1.54, 1.807) is 0 Å². The van der Waals surface area contributed by atoms with Crippen LogP contribution in [-0.4, -0.2) is 99.1 Å². The van der Waals surface area contributed by atoms with Crippen molar-refractivity contribution in [3.8, 4) is 5.75 Å². The van der Waals surface area contributed by atoms with E-state index in [0.717, 1.165) is 18.8 Å². The second-order valence-corrected chi connectivity index (χ2v) is 8.57. The lowest BCUT2D eigenvalue weighted by molar-refractivity contribution is -0.0213. The maximum Gasteiger partial charge on any atom is 0.119 e. The molecule has 0 aliphatic heterocycles. The summed E-state index contributed by atoms with van der Waals surface area (Å²) in [5.74, 6) is 0.853. The Morgan fingerprint density at radius 3 is 1.16 bits per heavy atom. The number of hydrogen-bond donors (Lipinski definition) is 0. The number of ether oxygens (including phenoxy) is 8. The quantitative estimate of drug-likeness (QED) is 0.130. The van der Waals surface area contributed by atoms with Crippen molar-refractivity contribution in [1.82, 2.24) is 0 Å². The predicted octanol–water partition coefficient (Wildman–Crippen LogP) is 4.93. The summed E-state index contributed by atoms with van der Waals surface area (Å²) >= 11 is 0. The summed E-state index contributed by atoms with van der Waals surface area (Å²) in [4.78, 5) is 0. The zero-order valence-corrected chi connectivity index (χ0v) is 23.2. The minimum atomic E-state index is 0.529. The van der Waals surface area contributed by atoms with Crippen molar-refractivity contribution in [2.75, 3.05) is 99.1 Å². The molecule has 0 bridgehead atoms. The van der Waals surface area contributed by atoms with Crippen LogP contribution < -0.4 is 4.74 Å². The molecular formula is C29H52O8. The van der Waals surface area contributed by atoms with Crippen LogP contribution >= 0.6 is 0 Å². The average molecular weight is 529 g/mol. The molecule has 0 atom stereocenters. The maximum atomic E-state index is 5.60. The molecule has 0 N–H and O–H groups in total. The standard InChI is InChI=1S/C29H52O8/c1-2-3-4-5-6-7-11-14-30-15-16-31-17-18-32-19-20-33-21-22-34-23-24-35-25-26-36-27-28-37-29-12-9-8-10-13-29/h8-10,12-13H,2-7,11,14-28H2,1H3. The Balaban J connectivity index is 1.62. The molecule has 0 fully saturated rings. The molecule has 0 heterocycles. The van der Waals surface area contributed by atoms with E-state index in [9.17, 15) is 0 Å². The summed E-state index contributed by atoms with van der Waals surface area (Å²) in [6, 6.07) is 9.70. The monoisotopic (exact) mass is 528 g/mol. The summed E-state index contributed by atoms with van der Waals surface area (Å²) < 4.78 is 44.1. The fraction of sp³-hybridized carbons (Fsp3) is 0.793. The number of para-hydroxylation sites is 1. The van der Waals surface area contributed by atoms with Crippen LogP contribution in [0.4, 0.5) is 0 Å². The van der Waals surface area contributed by atoms with Gasteiger partial charge in [0.05, 0.1) is 85.9 Å². The molecule has 0 aliphatic rings. The Morgan fingerprint density at radius 1 is 0.378 bits per heavy atom. The number of unbranched alkanes of at least 4 members (excludes halogenated alkanes) is 6. The van der Waals surface area contributed by atoms with E-state index >= 15 is 0 Å². The summed E-state index contributed by atoms with van der Waals surface area (Å²) in [7, 11) is 0. The zero-order chi connectivity index (χ0) is 26.3. The Morgan fingerprint density at radius 2 is 0.730 bits per heavy atom. The molecule has 1 aromatic rings. The molecule has 8 nitrogen and oxygen atoms in total. The first kappa shape index (κ1) is 33.8. The lowest BCUT2D eigenvalue weighted by Crippen LogP contribution is -2.15. The van der Waals surface area contributed by atoms with Crippen molar-refractivity contribution in [2.24, 2.45) is 0 Å². The van der Waals surface area contributed by atoms with Crippen LogP contribution in [0.25, 0.3) is 0 Å². The van der Waals surface area contributed by atoms with Crippen molar-refractivity contribution in [3.05, 3.63) is 30.3 Å². The second-order valence-electron chi connectivity index (χ2n) is 8.57. The van der Waals surface area contributed by atoms with E-state index in [0.29, 0.717) is 92.5 Å². The van der Waals surface area contributed by atoms with Crippen molar-refractivity contribution in [1.29, 1.82) is 0 Å². The van der Waals surface area contributed by atoms with E-state index in [-0.39, 0.29) is 0 Å². The summed E-state index contributed by atoms with van der Waals surface area (Å²) in [5, 5.41) is 0. The largest absolute Gasteiger partial charge is 0.491 e. The highest BCUT2D eigenvalue weighted by Crippen LogP contribution is 2.08. The van der Waals surface area contributed by atoms with Crippen molar-refractivity contribution in [3.63, 3.8) is 0 Å². The van der Waals surface area contributed by atoms with E-state index < -0.39 is 0 Å². The van der Waals surface area contributed by atoms with E-state index in [4.69, 9.17) is 37.9 Å². The lowest BCUT2D eigenvalue weighted by atomic mass is 10.1. The smallest absolute Gasteiger partial charge is 0.119 e. The summed E-state index contributed by atoms with van der Waals surface area (Å²) in [5.41, 5.74) is 0. The molecule has 0 unspecified atom stereocenters. The van der Waals surface area contributed by atoms with Crippen LogP contribution in [0, 0.1) is 0 Å². The Kier molecular flexibility index (Phi) is 26.7. The van der Waals surface area contributed by atoms with Gasteiger partial charge in [0.2, 0.25) is 0 Å². The SMILES string of the molecule is CCCCCCCCCOCCOCCOCCOCCOCCOCCOCCOc1ccccc1. The van der Waals surface area contributed by atoms with Crippen LogP contribution in [0.15, 0.2) is 30.3 Å². The van der Waals surface area contributed by atoms with Gasteiger partial charge in [0.1, 0.15) is 12.4 Å². The Bertz CT molecular complexity index is 546. The van der Waals surface area contributed by atoms with Gasteiger partial charge < -0.3 is 37.9 Å². The van der Waals surface area contributed by atoms with E-state index in [1.165, 1.54) is 38.5 Å². The Labute approximate surface area is 225 Å². The fourth-order valence-corrected chi connectivity index (χ4v) is 3.32. The number of benzene rings is 1. The van der Waals surface area contributed by atoms with Gasteiger partial charge in [-0.1, -0.05) is 63.6 Å². The minimum Gasteiger partial charge on any atom is -0.491 e. The first-order chi connectivity index (χ1) is 18.4. The maximum absolute atomic E-state index is 5.60. The predicted molar refractivity (Wildman–Crippen MR) is 146 cm³/mol. The van der Waals surface area contributed by atoms with Gasteiger partial charge in [0, 0.05) is 6.61 Å². The van der Waals surface area contributed by atoms with Crippen LogP contribution in [0.1, 0.15) is 51.9 Å². The Hall–Kier alpha value is -1.26. The van der Waals surface area contributed by atoms with Gasteiger partial charge in [-0.15, -0.1) is 0 Å². The lowest BCUT2D eigenvalue weighted by Gasteiger charge is -2.09. The van der Waals surface area contributed by atoms with Crippen LogP contribution in [-0.2, 0) is 33.2 Å². The molecule has 8 heteroatoms. The highest BCUT2D eigenvalue weighted by molar-refractivity contribution is 5.20. The van der Waals surface area contributed by atoms with Crippen LogP contribution in [0.5, 0.6) is 5.75 Å². The van der Waals surface area contributed by atoms with Crippen molar-refractivity contribution >= 4 is 0 Å². The third kappa shape index (κ3) is 26.1. The van der Waals surface area contributed by atoms with Crippen LogP contribution in [0.2, 0.25) is 0 Å². The normalized spacial score (nSPS) is 11.3. The van der Waals surface area contributed by atoms with Gasteiger partial charge >= 0.3 is 0 Å². The van der Waals surface area contributed by atoms with E-state index in [1.807, 2.05) is 30.3 Å². The number of rotatable bonds is 30. The molecule has 0 aliphatic carbocycles. The third-order valence-corrected chi connectivity index (χ3v) is 5.36. The van der Waals surface area contributed by atoms with Crippen molar-refractivity contribution in [2.45, 2.75) is 51.9 Å². The molecule has 37 heavy (non-hydrogen) atoms. The molecule has 0 aromatic heterocycles. The van der Waals surface area contributed by atoms with Crippen LogP contribution in [0.3, 0.4) is 0 Å². The van der Waals surface area contributed by atoms with E-state index in [2.05, 4.69) is 6.92 Å². The first-order valence-corrected chi connectivity index (χ1v) is 14.2. The molecule has 0 spiro atoms. The van der Waals surface area contributed by atoms with Crippen molar-refractivity contribution < 1.29 is 37.9 Å². The molecule has 216 valence electrons. The molecule has 0 amide bonds. The molecule has 0 saturated carbocycles. The average Bonchev–Trinajstić information content (AvgIpc) is 2.93. The summed E-state index contributed by atoms with van der Waals surface area (Å²) in [6.45, 7) is 10.9. The minimum absolute atomic E-state index is 0.529. The molecular weight excluding hydrogens is 476 g/mol. The fourth-order valence-electron chi connectivity index (χ4n) is 3.32. The molecule has 0 saturated heterocycles. The first-order valence-electron chi connectivity index (χ1n) is 14.2. The molecule has 1 aromatic carbocycles. The summed E-state index contributed by atoms with van der Waals surface area (Å²) in [6.07, 6.45) is 9.14. The molecule has 1 rings (SSSR count). The molecule has 0 radical (unpaired) electrons. The van der Waals surface area contributed by atoms with Gasteiger partial charge in [-0.25, -0.2) is 0 Å². The van der Waals surface area contributed by atoms with Gasteiger partial charge in [0.15, 0.2) is 0 Å². The highest BCUT2D eigenvalue weighted by Gasteiger charge is 1.96. The third-order valence-electron chi connectivity index (χ3n) is 5.36. The highest BCUT2D eigenvalue weighted by atomic mass is 16.6. The second kappa shape index (κ2) is 29.3. The van der Waals surface area contributed by atoms with Gasteiger partial charge in [-0.05, 0) is 18.6 Å².